The van der Waals surface area contributed by atoms with E-state index in [0.717, 1.165) is 12.2 Å². The molecule has 1 aromatic rings. The third kappa shape index (κ3) is 17.3. The first-order valence-electron chi connectivity index (χ1n) is 16.1. The van der Waals surface area contributed by atoms with Gasteiger partial charge in [-0.25, -0.2) is 9.59 Å². The van der Waals surface area contributed by atoms with Gasteiger partial charge in [0, 0.05) is 12.2 Å². The molecule has 1 N–H and O–H groups in total. The van der Waals surface area contributed by atoms with Gasteiger partial charge in [-0.15, -0.1) is 0 Å². The lowest BCUT2D eigenvalue weighted by Gasteiger charge is -2.19. The predicted octanol–water partition coefficient (Wildman–Crippen LogP) is 10.1. The molecule has 0 saturated carbocycles. The van der Waals surface area contributed by atoms with Crippen molar-refractivity contribution in [2.24, 2.45) is 5.92 Å². The fraction of sp³-hybridized carbons (Fsp3) is 0.765. The number of benzene rings is 1. The summed E-state index contributed by atoms with van der Waals surface area (Å²) in [7, 11) is 2.71. The Morgan fingerprint density at radius 1 is 0.590 bits per heavy atom. The number of carbonyl (C=O) groups excluding carboxylic acids is 2. The lowest BCUT2D eigenvalue weighted by atomic mass is 9.93. The molecule has 1 aromatic carbocycles. The van der Waals surface area contributed by atoms with Gasteiger partial charge in [0.05, 0.1) is 25.3 Å². The Bertz CT molecular complexity index is 729. The van der Waals surface area contributed by atoms with Crippen LogP contribution in [0.5, 0.6) is 0 Å². The number of unbranched alkanes of at least 4 members (excludes halogenated alkanes) is 16. The molecule has 5 nitrogen and oxygen atoms in total. The van der Waals surface area contributed by atoms with E-state index < -0.39 is 11.9 Å². The molecule has 0 aromatic heterocycles. The van der Waals surface area contributed by atoms with Crippen molar-refractivity contribution in [2.75, 3.05) is 26.1 Å². The van der Waals surface area contributed by atoms with Crippen LogP contribution in [0.25, 0.3) is 0 Å². The topological polar surface area (TPSA) is 64.6 Å². The van der Waals surface area contributed by atoms with Gasteiger partial charge >= 0.3 is 11.9 Å². The van der Waals surface area contributed by atoms with Crippen molar-refractivity contribution in [3.8, 4) is 0 Å². The third-order valence-corrected chi connectivity index (χ3v) is 7.80. The van der Waals surface area contributed by atoms with Gasteiger partial charge in [-0.1, -0.05) is 129 Å². The first-order chi connectivity index (χ1) is 19.0. The highest BCUT2D eigenvalue weighted by Gasteiger charge is 2.15. The molecule has 0 bridgehead atoms. The minimum absolute atomic E-state index is 0.359. The van der Waals surface area contributed by atoms with Crippen molar-refractivity contribution in [1.29, 1.82) is 0 Å². The minimum Gasteiger partial charge on any atom is -0.465 e. The maximum Gasteiger partial charge on any atom is 0.337 e. The highest BCUT2D eigenvalue weighted by molar-refractivity contribution is 5.96. The summed E-state index contributed by atoms with van der Waals surface area (Å²) >= 11 is 0. The van der Waals surface area contributed by atoms with Gasteiger partial charge in [0.25, 0.3) is 0 Å². The van der Waals surface area contributed by atoms with Gasteiger partial charge in [0.1, 0.15) is 0 Å². The van der Waals surface area contributed by atoms with Crippen LogP contribution in [0.15, 0.2) is 18.2 Å². The molecule has 39 heavy (non-hydrogen) atoms. The van der Waals surface area contributed by atoms with E-state index in [2.05, 4.69) is 19.2 Å². The van der Waals surface area contributed by atoms with E-state index in [0.29, 0.717) is 17.0 Å². The van der Waals surface area contributed by atoms with Crippen LogP contribution in [0.3, 0.4) is 0 Å². The van der Waals surface area contributed by atoms with E-state index in [1.165, 1.54) is 149 Å². The number of esters is 2. The van der Waals surface area contributed by atoms with Gasteiger partial charge in [-0.2, -0.15) is 0 Å². The molecule has 1 unspecified atom stereocenters. The highest BCUT2D eigenvalue weighted by atomic mass is 16.5. The molecular weight excluding hydrogens is 486 g/mol. The molecule has 1 rings (SSSR count). The highest BCUT2D eigenvalue weighted by Crippen LogP contribution is 2.23. The number of rotatable bonds is 25. The molecule has 0 heterocycles. The largest absolute Gasteiger partial charge is 0.465 e. The molecule has 224 valence electrons. The smallest absolute Gasteiger partial charge is 0.337 e. The predicted molar refractivity (Wildman–Crippen MR) is 165 cm³/mol. The summed E-state index contributed by atoms with van der Waals surface area (Å²) in [6, 6.07) is 5.07. The molecular formula is C34H59NO4. The fourth-order valence-electron chi connectivity index (χ4n) is 5.30. The molecule has 0 spiro atoms. The molecule has 0 aliphatic heterocycles. The van der Waals surface area contributed by atoms with E-state index in [1.54, 1.807) is 12.1 Å². The average Bonchev–Trinajstić information content (AvgIpc) is 2.96. The quantitative estimate of drug-likeness (QED) is 0.0978. The van der Waals surface area contributed by atoms with Gasteiger partial charge in [-0.3, -0.25) is 0 Å². The van der Waals surface area contributed by atoms with Crippen molar-refractivity contribution in [2.45, 2.75) is 142 Å². The Labute approximate surface area is 240 Å². The van der Waals surface area contributed by atoms with E-state index in [4.69, 9.17) is 9.47 Å². The van der Waals surface area contributed by atoms with Crippen molar-refractivity contribution in [3.05, 3.63) is 29.3 Å². The molecule has 0 amide bonds. The molecule has 0 fully saturated rings. The molecule has 0 aliphatic rings. The van der Waals surface area contributed by atoms with E-state index >= 15 is 0 Å². The van der Waals surface area contributed by atoms with E-state index in [9.17, 15) is 9.59 Å². The summed E-state index contributed by atoms with van der Waals surface area (Å²) in [5.41, 5.74) is 1.48. The normalized spacial score (nSPS) is 11.8. The zero-order chi connectivity index (χ0) is 28.6. The lowest BCUT2D eigenvalue weighted by molar-refractivity contribution is 0.0599. The van der Waals surface area contributed by atoms with Crippen LogP contribution in [-0.2, 0) is 9.47 Å². The van der Waals surface area contributed by atoms with Crippen LogP contribution < -0.4 is 5.32 Å². The molecule has 0 aliphatic carbocycles. The van der Waals surface area contributed by atoms with E-state index in [-0.39, 0.29) is 0 Å². The number of anilines is 1. The van der Waals surface area contributed by atoms with Crippen LogP contribution in [0.1, 0.15) is 163 Å². The number of ether oxygens (including phenoxy) is 2. The first kappa shape index (κ1) is 35.0. The second-order valence-electron chi connectivity index (χ2n) is 11.3. The minimum atomic E-state index is -0.454. The molecule has 1 atom stereocenters. The fourth-order valence-corrected chi connectivity index (χ4v) is 5.30. The Hall–Kier alpha value is -2.04. The lowest BCUT2D eigenvalue weighted by Crippen LogP contribution is -2.16. The zero-order valence-electron chi connectivity index (χ0n) is 25.8. The summed E-state index contributed by atoms with van der Waals surface area (Å²) in [5, 5.41) is 3.53. The molecule has 0 saturated heterocycles. The van der Waals surface area contributed by atoms with Crippen LogP contribution in [0.2, 0.25) is 0 Å². The summed E-state index contributed by atoms with van der Waals surface area (Å²) in [6.45, 7) is 5.39. The van der Waals surface area contributed by atoms with Crippen LogP contribution in [-0.4, -0.2) is 32.7 Å². The Morgan fingerprint density at radius 2 is 0.949 bits per heavy atom. The monoisotopic (exact) mass is 545 g/mol. The summed E-state index contributed by atoms with van der Waals surface area (Å²) < 4.78 is 9.78. The zero-order valence-corrected chi connectivity index (χ0v) is 25.8. The summed E-state index contributed by atoms with van der Waals surface area (Å²) in [5.74, 6) is -0.322. The maximum absolute atomic E-state index is 12.2. The van der Waals surface area contributed by atoms with Gasteiger partial charge in [-0.05, 0) is 37.0 Å². The Balaban J connectivity index is 2.58. The number of carbonyl (C=O) groups is 2. The summed E-state index contributed by atoms with van der Waals surface area (Å²) in [4.78, 5) is 24.3. The van der Waals surface area contributed by atoms with Crippen molar-refractivity contribution in [1.82, 2.24) is 0 Å². The van der Waals surface area contributed by atoms with Gasteiger partial charge < -0.3 is 14.8 Å². The molecule has 5 heteroatoms. The van der Waals surface area contributed by atoms with Crippen molar-refractivity contribution < 1.29 is 19.1 Å². The number of hydrogen-bond acceptors (Lipinski definition) is 5. The van der Waals surface area contributed by atoms with Crippen molar-refractivity contribution in [3.63, 3.8) is 0 Å². The van der Waals surface area contributed by atoms with Crippen LogP contribution >= 0.6 is 0 Å². The first-order valence-corrected chi connectivity index (χ1v) is 16.1. The summed E-state index contributed by atoms with van der Waals surface area (Å²) in [6.07, 6.45) is 26.7. The number of nitrogens with one attached hydrogen (secondary N) is 1. The van der Waals surface area contributed by atoms with Gasteiger partial charge in [0.2, 0.25) is 0 Å². The van der Waals surface area contributed by atoms with Gasteiger partial charge in [0.15, 0.2) is 0 Å². The average molecular weight is 546 g/mol. The maximum atomic E-state index is 12.2. The van der Waals surface area contributed by atoms with Crippen LogP contribution in [0.4, 0.5) is 5.69 Å². The Morgan fingerprint density at radius 3 is 1.31 bits per heavy atom. The van der Waals surface area contributed by atoms with E-state index in [1.807, 2.05) is 0 Å². The second kappa shape index (κ2) is 23.8. The Kier molecular flexibility index (Phi) is 21.4. The molecule has 0 radical (unpaired) electrons. The SMILES string of the molecule is CCCCCCCCCCCCC(CCCCCCCCCC)CNc1cc(C(=O)OC)cc(C(=O)OC)c1. The third-order valence-electron chi connectivity index (χ3n) is 7.80. The second-order valence-corrected chi connectivity index (χ2v) is 11.3. The van der Waals surface area contributed by atoms with Crippen LogP contribution in [0, 0.1) is 5.92 Å². The number of hydrogen-bond donors (Lipinski definition) is 1. The standard InChI is InChI=1S/C34H59NO4/c1-5-7-9-11-13-15-16-18-20-22-24-29(23-21-19-17-14-12-10-8-6-2)28-35-32-26-30(33(36)38-3)25-31(27-32)34(37)39-4/h25-27,29,35H,5-24,28H2,1-4H3. The van der Waals surface area contributed by atoms with Crippen molar-refractivity contribution >= 4 is 17.6 Å². The number of methoxy groups -OCH3 is 2.